The van der Waals surface area contributed by atoms with E-state index in [1.54, 1.807) is 0 Å². The minimum atomic E-state index is -0.507. The first-order chi connectivity index (χ1) is 8.36. The molecule has 0 spiro atoms. The molecule has 0 saturated carbocycles. The Morgan fingerprint density at radius 1 is 1.28 bits per heavy atom. The Hall–Kier alpha value is -1.51. The van der Waals surface area contributed by atoms with Crippen molar-refractivity contribution in [3.8, 4) is 5.75 Å². The van der Waals surface area contributed by atoms with Crippen LogP contribution in [-0.2, 0) is 9.68 Å². The van der Waals surface area contributed by atoms with E-state index in [0.29, 0.717) is 5.75 Å². The molecule has 18 heavy (non-hydrogen) atoms. The molecule has 0 aromatic heterocycles. The second-order valence-corrected chi connectivity index (χ2v) is 5.36. The molecule has 1 rings (SSSR count). The molecule has 0 saturated heterocycles. The van der Waals surface area contributed by atoms with Crippen molar-refractivity contribution in [1.29, 1.82) is 0 Å². The van der Waals surface area contributed by atoms with Crippen molar-refractivity contribution in [3.63, 3.8) is 0 Å². The van der Waals surface area contributed by atoms with Crippen LogP contribution in [-0.4, -0.2) is 5.97 Å². The predicted octanol–water partition coefficient (Wildman–Crippen LogP) is 3.97. The van der Waals surface area contributed by atoms with Crippen molar-refractivity contribution < 1.29 is 14.6 Å². The van der Waals surface area contributed by atoms with Crippen LogP contribution in [0, 0.1) is 19.3 Å². The van der Waals surface area contributed by atoms with Gasteiger partial charge in [-0.2, -0.15) is 0 Å². The summed E-state index contributed by atoms with van der Waals surface area (Å²) in [5.41, 5.74) is 1.51. The van der Waals surface area contributed by atoms with Crippen LogP contribution >= 0.6 is 0 Å². The van der Waals surface area contributed by atoms with E-state index in [-0.39, 0.29) is 5.97 Å². The largest absolute Gasteiger partial charge is 0.360 e. The van der Waals surface area contributed by atoms with Gasteiger partial charge in [0, 0.05) is 0 Å². The Balaban J connectivity index is 2.65. The lowest BCUT2D eigenvalue weighted by Gasteiger charge is -2.20. The molecule has 0 aliphatic carbocycles. The molecule has 0 unspecified atom stereocenters. The van der Waals surface area contributed by atoms with Gasteiger partial charge in [-0.05, 0) is 51.3 Å². The molecular weight excluding hydrogens is 228 g/mol. The van der Waals surface area contributed by atoms with Crippen molar-refractivity contribution in [2.24, 2.45) is 5.41 Å². The molecule has 0 amide bonds. The fraction of sp³-hybridized carbons (Fsp3) is 0.533. The molecule has 3 nitrogen and oxygen atoms in total. The lowest BCUT2D eigenvalue weighted by molar-refractivity contribution is -0.224. The third-order valence-electron chi connectivity index (χ3n) is 2.98. The van der Waals surface area contributed by atoms with Gasteiger partial charge < -0.3 is 0 Å². The van der Waals surface area contributed by atoms with Gasteiger partial charge in [0.25, 0.3) is 0 Å². The zero-order chi connectivity index (χ0) is 13.8. The van der Waals surface area contributed by atoms with Crippen LogP contribution in [0.3, 0.4) is 0 Å². The highest BCUT2D eigenvalue weighted by Crippen LogP contribution is 2.25. The maximum absolute atomic E-state index is 11.9. The summed E-state index contributed by atoms with van der Waals surface area (Å²) < 4.78 is 0. The average molecular weight is 250 g/mol. The highest BCUT2D eigenvalue weighted by molar-refractivity contribution is 5.75. The Labute approximate surface area is 109 Å². The smallest absolute Gasteiger partial charge is 0.287 e. The molecule has 0 radical (unpaired) electrons. The average Bonchev–Trinajstić information content (AvgIpc) is 2.29. The molecule has 0 atom stereocenters. The van der Waals surface area contributed by atoms with Gasteiger partial charge in [-0.3, -0.25) is 4.89 Å². The van der Waals surface area contributed by atoms with E-state index in [1.807, 2.05) is 52.8 Å². The topological polar surface area (TPSA) is 35.5 Å². The summed E-state index contributed by atoms with van der Waals surface area (Å²) in [6.45, 7) is 9.66. The Morgan fingerprint density at radius 2 is 1.94 bits per heavy atom. The van der Waals surface area contributed by atoms with E-state index in [4.69, 9.17) is 9.78 Å². The zero-order valence-electron chi connectivity index (χ0n) is 11.9. The highest BCUT2D eigenvalue weighted by atomic mass is 17.2. The molecule has 1 aromatic carbocycles. The normalized spacial score (nSPS) is 11.2. The number of benzene rings is 1. The van der Waals surface area contributed by atoms with Crippen LogP contribution < -0.4 is 4.89 Å². The third kappa shape index (κ3) is 3.76. The minimum absolute atomic E-state index is 0.328. The molecular formula is C15H22O3. The van der Waals surface area contributed by atoms with E-state index < -0.39 is 5.41 Å². The quantitative estimate of drug-likeness (QED) is 0.586. The van der Waals surface area contributed by atoms with Crippen molar-refractivity contribution in [3.05, 3.63) is 29.3 Å². The van der Waals surface area contributed by atoms with Gasteiger partial charge >= 0.3 is 5.97 Å². The van der Waals surface area contributed by atoms with E-state index in [9.17, 15) is 4.79 Å². The van der Waals surface area contributed by atoms with E-state index in [0.717, 1.165) is 24.0 Å². The van der Waals surface area contributed by atoms with Gasteiger partial charge in [-0.15, -0.1) is 0 Å². The summed E-state index contributed by atoms with van der Waals surface area (Å²) in [5, 5.41) is 0. The maximum atomic E-state index is 11.9. The number of hydrogen-bond acceptors (Lipinski definition) is 3. The number of aryl methyl sites for hydroxylation is 2. The van der Waals surface area contributed by atoms with Gasteiger partial charge in [0.2, 0.25) is 0 Å². The van der Waals surface area contributed by atoms with Crippen LogP contribution in [0.5, 0.6) is 5.75 Å². The first-order valence-electron chi connectivity index (χ1n) is 6.33. The molecule has 0 bridgehead atoms. The fourth-order valence-corrected chi connectivity index (χ4v) is 1.72. The molecule has 0 fully saturated rings. The van der Waals surface area contributed by atoms with Crippen molar-refractivity contribution in [2.45, 2.75) is 47.5 Å². The van der Waals surface area contributed by atoms with Crippen LogP contribution in [0.25, 0.3) is 0 Å². The monoisotopic (exact) mass is 250 g/mol. The second-order valence-electron chi connectivity index (χ2n) is 5.36. The van der Waals surface area contributed by atoms with Gasteiger partial charge in [0.15, 0.2) is 5.75 Å². The lowest BCUT2D eigenvalue weighted by Crippen LogP contribution is -2.27. The Morgan fingerprint density at radius 3 is 2.56 bits per heavy atom. The number of hydrogen-bond donors (Lipinski definition) is 0. The van der Waals surface area contributed by atoms with Crippen LogP contribution in [0.4, 0.5) is 0 Å². The van der Waals surface area contributed by atoms with Crippen molar-refractivity contribution >= 4 is 5.97 Å². The molecule has 0 aliphatic rings. The summed E-state index contributed by atoms with van der Waals surface area (Å²) in [5.74, 6) is 0.265. The molecule has 0 heterocycles. The molecule has 0 N–H and O–H groups in total. The van der Waals surface area contributed by atoms with Crippen molar-refractivity contribution in [2.75, 3.05) is 0 Å². The van der Waals surface area contributed by atoms with Gasteiger partial charge in [0.05, 0.1) is 5.41 Å². The number of rotatable bonds is 5. The Bertz CT molecular complexity index is 422. The molecule has 0 aliphatic heterocycles. The van der Waals surface area contributed by atoms with Gasteiger partial charge in [-0.25, -0.2) is 9.68 Å². The third-order valence-corrected chi connectivity index (χ3v) is 2.98. The number of carbonyl (C=O) groups is 1. The van der Waals surface area contributed by atoms with E-state index in [1.165, 1.54) is 0 Å². The van der Waals surface area contributed by atoms with E-state index in [2.05, 4.69) is 0 Å². The predicted molar refractivity (Wildman–Crippen MR) is 71.3 cm³/mol. The SMILES string of the molecule is CCCC(C)(C)C(=O)OOc1cc(C)ccc1C. The summed E-state index contributed by atoms with van der Waals surface area (Å²) in [6, 6.07) is 5.79. The first-order valence-corrected chi connectivity index (χ1v) is 6.33. The maximum Gasteiger partial charge on any atom is 0.360 e. The molecule has 1 aromatic rings. The van der Waals surface area contributed by atoms with Crippen LogP contribution in [0.1, 0.15) is 44.7 Å². The summed E-state index contributed by atoms with van der Waals surface area (Å²) >= 11 is 0. The lowest BCUT2D eigenvalue weighted by atomic mass is 9.88. The minimum Gasteiger partial charge on any atom is -0.287 e. The fourth-order valence-electron chi connectivity index (χ4n) is 1.72. The standard InChI is InChI=1S/C15H22O3/c1-6-9-15(4,5)14(16)18-17-13-10-11(2)7-8-12(13)3/h7-8,10H,6,9H2,1-5H3. The van der Waals surface area contributed by atoms with Crippen molar-refractivity contribution in [1.82, 2.24) is 0 Å². The molecule has 3 heteroatoms. The molecule has 100 valence electrons. The van der Waals surface area contributed by atoms with E-state index >= 15 is 0 Å². The highest BCUT2D eigenvalue weighted by Gasteiger charge is 2.30. The summed E-state index contributed by atoms with van der Waals surface area (Å²) in [4.78, 5) is 22.0. The zero-order valence-corrected chi connectivity index (χ0v) is 11.9. The Kier molecular flexibility index (Phi) is 4.76. The summed E-state index contributed by atoms with van der Waals surface area (Å²) in [7, 11) is 0. The van der Waals surface area contributed by atoms with Crippen LogP contribution in [0.2, 0.25) is 0 Å². The first kappa shape index (κ1) is 14.6. The number of carbonyl (C=O) groups excluding carboxylic acids is 1. The second kappa shape index (κ2) is 5.89. The summed E-state index contributed by atoms with van der Waals surface area (Å²) in [6.07, 6.45) is 1.72. The van der Waals surface area contributed by atoms with Gasteiger partial charge in [0.1, 0.15) is 0 Å². The van der Waals surface area contributed by atoms with Crippen LogP contribution in [0.15, 0.2) is 18.2 Å². The van der Waals surface area contributed by atoms with Gasteiger partial charge in [-0.1, -0.05) is 25.5 Å².